The molecule has 0 aliphatic rings. The molecule has 32 heavy (non-hydrogen) atoms. The molecule has 0 radical (unpaired) electrons. The molecule has 2 heterocycles. The van der Waals surface area contributed by atoms with Gasteiger partial charge in [0.1, 0.15) is 5.65 Å². The fourth-order valence-electron chi connectivity index (χ4n) is 3.47. The highest BCUT2D eigenvalue weighted by molar-refractivity contribution is 6.30. The second-order valence-corrected chi connectivity index (χ2v) is 7.82. The number of hydrogen-bond acceptors (Lipinski definition) is 5. The lowest BCUT2D eigenvalue weighted by molar-refractivity contribution is -0.114. The number of benzene rings is 2. The van der Waals surface area contributed by atoms with Crippen molar-refractivity contribution in [1.82, 2.24) is 14.4 Å². The van der Waals surface area contributed by atoms with Gasteiger partial charge in [-0.15, -0.1) is 0 Å². The number of nitrogens with zero attached hydrogens (tertiary/aromatic N) is 3. The van der Waals surface area contributed by atoms with E-state index >= 15 is 0 Å². The van der Waals surface area contributed by atoms with Gasteiger partial charge in [-0.2, -0.15) is 0 Å². The van der Waals surface area contributed by atoms with Crippen LogP contribution in [0.15, 0.2) is 79.1 Å². The average Bonchev–Trinajstić information content (AvgIpc) is 3.15. The summed E-state index contributed by atoms with van der Waals surface area (Å²) in [4.78, 5) is 15.9. The fourth-order valence-corrected chi connectivity index (χ4v) is 3.60. The number of hydrazine groups is 1. The van der Waals surface area contributed by atoms with Crippen molar-refractivity contribution >= 4 is 34.5 Å². The van der Waals surface area contributed by atoms with Crippen molar-refractivity contribution in [2.75, 3.05) is 5.32 Å². The number of aromatic nitrogens is 2. The third-order valence-electron chi connectivity index (χ3n) is 4.87. The van der Waals surface area contributed by atoms with Crippen molar-refractivity contribution in [1.29, 1.82) is 0 Å². The topological polar surface area (TPSA) is 102 Å². The molecular formula is C24H23ClN6O. The molecule has 2 aromatic heterocycles. The van der Waals surface area contributed by atoms with Crippen molar-refractivity contribution < 1.29 is 4.79 Å². The summed E-state index contributed by atoms with van der Waals surface area (Å²) >= 11 is 6.05. The second kappa shape index (κ2) is 9.13. The maximum atomic E-state index is 11.2. The predicted octanol–water partition coefficient (Wildman–Crippen LogP) is 4.25. The number of carbonyl (C=O) groups excluding carboxylic acids is 1. The quantitative estimate of drug-likeness (QED) is 0.303. The van der Waals surface area contributed by atoms with E-state index in [-0.39, 0.29) is 5.91 Å². The number of nitrogens with one attached hydrogen (secondary N) is 1. The number of hydrogen-bond donors (Lipinski definition) is 3. The molecule has 8 heteroatoms. The van der Waals surface area contributed by atoms with Crippen LogP contribution >= 0.6 is 11.6 Å². The van der Waals surface area contributed by atoms with Crippen molar-refractivity contribution in [3.63, 3.8) is 0 Å². The predicted molar refractivity (Wildman–Crippen MR) is 128 cm³/mol. The van der Waals surface area contributed by atoms with Gasteiger partial charge in [0.25, 0.3) is 0 Å². The monoisotopic (exact) mass is 446 g/mol. The van der Waals surface area contributed by atoms with Gasteiger partial charge < -0.3 is 16.1 Å². The Labute approximate surface area is 190 Å². The Hall–Kier alpha value is -3.81. The molecule has 0 fully saturated rings. The number of halogens is 1. The van der Waals surface area contributed by atoms with Gasteiger partial charge in [-0.25, -0.2) is 10.8 Å². The van der Waals surface area contributed by atoms with E-state index in [1.807, 2.05) is 77.3 Å². The summed E-state index contributed by atoms with van der Waals surface area (Å²) in [7, 11) is 0. The summed E-state index contributed by atoms with van der Waals surface area (Å²) in [5.74, 6) is 6.13. The van der Waals surface area contributed by atoms with E-state index in [1.165, 1.54) is 11.9 Å². The molecule has 4 rings (SSSR count). The molecule has 0 aliphatic heterocycles. The van der Waals surface area contributed by atoms with Crippen LogP contribution in [0.5, 0.6) is 0 Å². The summed E-state index contributed by atoms with van der Waals surface area (Å²) in [6.45, 7) is 1.91. The third kappa shape index (κ3) is 4.74. The number of fused-ring (bicyclic) bond motifs is 1. The summed E-state index contributed by atoms with van der Waals surface area (Å²) in [6, 6.07) is 20.7. The number of amides is 1. The first-order valence-corrected chi connectivity index (χ1v) is 10.4. The van der Waals surface area contributed by atoms with Crippen LogP contribution in [0, 0.1) is 0 Å². The van der Waals surface area contributed by atoms with Gasteiger partial charge in [0.15, 0.2) is 0 Å². The van der Waals surface area contributed by atoms with Crippen LogP contribution in [-0.4, -0.2) is 20.3 Å². The molecule has 0 aliphatic carbocycles. The number of anilines is 1. The van der Waals surface area contributed by atoms with E-state index in [2.05, 4.69) is 5.32 Å². The SMILES string of the molecule is CC(=O)Nc1ccc(CN(N)/C=C(\N)c2c(-c3ccc(Cl)cc3)nc3ccccn23)cc1. The largest absolute Gasteiger partial charge is 0.396 e. The number of nitrogens with two attached hydrogens (primary N) is 2. The Morgan fingerprint density at radius 1 is 1.12 bits per heavy atom. The second-order valence-electron chi connectivity index (χ2n) is 7.38. The number of carbonyl (C=O) groups is 1. The summed E-state index contributed by atoms with van der Waals surface area (Å²) < 4.78 is 1.94. The zero-order chi connectivity index (χ0) is 22.7. The normalized spacial score (nSPS) is 11.5. The molecule has 162 valence electrons. The van der Waals surface area contributed by atoms with Crippen molar-refractivity contribution in [2.24, 2.45) is 11.6 Å². The number of imidazole rings is 1. The van der Waals surface area contributed by atoms with E-state index in [4.69, 9.17) is 28.2 Å². The molecule has 4 aromatic rings. The number of pyridine rings is 1. The maximum absolute atomic E-state index is 11.2. The lowest BCUT2D eigenvalue weighted by atomic mass is 10.1. The van der Waals surface area contributed by atoms with Gasteiger partial charge in [0.05, 0.1) is 23.6 Å². The Balaban J connectivity index is 1.63. The Morgan fingerprint density at radius 3 is 2.53 bits per heavy atom. The molecule has 0 saturated carbocycles. The molecule has 0 bridgehead atoms. The highest BCUT2D eigenvalue weighted by atomic mass is 35.5. The Bertz CT molecular complexity index is 1280. The number of rotatable bonds is 6. The highest BCUT2D eigenvalue weighted by Crippen LogP contribution is 2.29. The van der Waals surface area contributed by atoms with E-state index in [1.54, 1.807) is 6.20 Å². The molecule has 7 nitrogen and oxygen atoms in total. The van der Waals surface area contributed by atoms with Crippen LogP contribution in [0.4, 0.5) is 5.69 Å². The first-order chi connectivity index (χ1) is 15.4. The Morgan fingerprint density at radius 2 is 1.84 bits per heavy atom. The van der Waals surface area contributed by atoms with E-state index in [0.29, 0.717) is 17.3 Å². The van der Waals surface area contributed by atoms with E-state index < -0.39 is 0 Å². The molecule has 0 atom stereocenters. The fraction of sp³-hybridized carbons (Fsp3) is 0.0833. The van der Waals surface area contributed by atoms with Crippen LogP contribution in [0.1, 0.15) is 18.2 Å². The van der Waals surface area contributed by atoms with Gasteiger partial charge in [-0.05, 0) is 42.0 Å². The summed E-state index contributed by atoms with van der Waals surface area (Å²) in [5.41, 5.74) is 11.9. The highest BCUT2D eigenvalue weighted by Gasteiger charge is 2.16. The molecule has 2 aromatic carbocycles. The molecule has 0 saturated heterocycles. The minimum atomic E-state index is -0.113. The summed E-state index contributed by atoms with van der Waals surface area (Å²) in [6.07, 6.45) is 3.61. The zero-order valence-electron chi connectivity index (χ0n) is 17.5. The molecule has 5 N–H and O–H groups in total. The lowest BCUT2D eigenvalue weighted by Gasteiger charge is -2.16. The van der Waals surface area contributed by atoms with Crippen molar-refractivity contribution in [2.45, 2.75) is 13.5 Å². The molecular weight excluding hydrogens is 424 g/mol. The summed E-state index contributed by atoms with van der Waals surface area (Å²) in [5, 5.41) is 4.92. The van der Waals surface area contributed by atoms with Gasteiger partial charge in [0, 0.05) is 35.6 Å². The van der Waals surface area contributed by atoms with Crippen LogP contribution < -0.4 is 16.9 Å². The Kier molecular flexibility index (Phi) is 6.11. The molecule has 1 amide bonds. The standard InChI is InChI=1S/C24H23ClN6O/c1-16(32)28-20-11-5-17(6-12-20)14-30(27)15-21(26)24-23(18-7-9-19(25)10-8-18)29-22-4-2-3-13-31(22)24/h2-13,15H,14,26-27H2,1H3,(H,28,32)/b21-15-. The average molecular weight is 447 g/mol. The van der Waals surface area contributed by atoms with Gasteiger partial charge in [-0.1, -0.05) is 41.9 Å². The van der Waals surface area contributed by atoms with Gasteiger partial charge in [0.2, 0.25) is 5.91 Å². The van der Waals surface area contributed by atoms with Crippen LogP contribution in [0.25, 0.3) is 22.6 Å². The van der Waals surface area contributed by atoms with Crippen LogP contribution in [0.2, 0.25) is 5.02 Å². The van der Waals surface area contributed by atoms with Crippen LogP contribution in [-0.2, 0) is 11.3 Å². The molecule has 0 spiro atoms. The first kappa shape index (κ1) is 21.4. The van der Waals surface area contributed by atoms with Crippen LogP contribution in [0.3, 0.4) is 0 Å². The molecule has 0 unspecified atom stereocenters. The lowest BCUT2D eigenvalue weighted by Crippen LogP contribution is -2.26. The van der Waals surface area contributed by atoms with Gasteiger partial charge >= 0.3 is 0 Å². The van der Waals surface area contributed by atoms with Crippen molar-refractivity contribution in [3.8, 4) is 11.3 Å². The van der Waals surface area contributed by atoms with E-state index in [9.17, 15) is 4.79 Å². The minimum absolute atomic E-state index is 0.113. The third-order valence-corrected chi connectivity index (χ3v) is 5.12. The minimum Gasteiger partial charge on any atom is -0.396 e. The van der Waals surface area contributed by atoms with Crippen molar-refractivity contribution in [3.05, 3.63) is 95.4 Å². The first-order valence-electron chi connectivity index (χ1n) is 9.99. The zero-order valence-corrected chi connectivity index (χ0v) is 18.3. The van der Waals surface area contributed by atoms with Gasteiger partial charge in [-0.3, -0.25) is 9.20 Å². The van der Waals surface area contributed by atoms with E-state index in [0.717, 1.165) is 33.8 Å². The maximum Gasteiger partial charge on any atom is 0.221 e. The smallest absolute Gasteiger partial charge is 0.221 e.